The van der Waals surface area contributed by atoms with Crippen LogP contribution in [-0.4, -0.2) is 89.2 Å². The highest BCUT2D eigenvalue weighted by Gasteiger charge is 2.50. The summed E-state index contributed by atoms with van der Waals surface area (Å²) in [6.07, 6.45) is 59.0. The van der Waals surface area contributed by atoms with Crippen molar-refractivity contribution < 1.29 is 58.2 Å². The molecule has 0 radical (unpaired) electrons. The predicted molar refractivity (Wildman–Crippen MR) is 331 cm³/mol. The first-order valence-electron chi connectivity index (χ1n) is 33.3. The van der Waals surface area contributed by atoms with E-state index < -0.39 is 67.3 Å². The molecule has 81 heavy (non-hydrogen) atoms. The lowest BCUT2D eigenvalue weighted by molar-refractivity contribution is -0.301. The third kappa shape index (κ3) is 46.5. The number of rotatable bonds is 57. The molecular formula is C69H120O12. The number of carbonyl (C=O) groups excluding carboxylic acids is 3. The highest BCUT2D eigenvalue weighted by molar-refractivity contribution is 5.74. The molecule has 0 spiro atoms. The summed E-state index contributed by atoms with van der Waals surface area (Å²) in [5.74, 6) is -3.14. The number of carboxylic acid groups (broad SMARTS) is 1. The van der Waals surface area contributed by atoms with Crippen molar-refractivity contribution in [2.75, 3.05) is 13.2 Å². The van der Waals surface area contributed by atoms with Gasteiger partial charge in [0, 0.05) is 19.3 Å². The smallest absolute Gasteiger partial charge is 0.335 e. The lowest BCUT2D eigenvalue weighted by Gasteiger charge is -2.40. The number of unbranched alkanes of at least 4 members (excludes halogenated alkanes) is 33. The third-order valence-electron chi connectivity index (χ3n) is 15.1. The molecule has 1 fully saturated rings. The monoisotopic (exact) mass is 1140 g/mol. The van der Waals surface area contributed by atoms with Crippen LogP contribution >= 0.6 is 0 Å². The number of allylic oxidation sites excluding steroid dienone is 10. The zero-order valence-electron chi connectivity index (χ0n) is 51.8. The Morgan fingerprint density at radius 3 is 1.22 bits per heavy atom. The fourth-order valence-electron chi connectivity index (χ4n) is 10.0. The van der Waals surface area contributed by atoms with Crippen LogP contribution in [0.3, 0.4) is 0 Å². The van der Waals surface area contributed by atoms with Crippen molar-refractivity contribution in [3.63, 3.8) is 0 Å². The maximum absolute atomic E-state index is 13.2. The summed E-state index contributed by atoms with van der Waals surface area (Å²) in [7, 11) is 0. The molecule has 3 N–H and O–H groups in total. The number of esters is 3. The molecule has 0 aliphatic carbocycles. The van der Waals surface area contributed by atoms with Crippen LogP contribution in [0, 0.1) is 0 Å². The summed E-state index contributed by atoms with van der Waals surface area (Å²) < 4.78 is 28.5. The highest BCUT2D eigenvalue weighted by Crippen LogP contribution is 2.27. The van der Waals surface area contributed by atoms with Gasteiger partial charge in [-0.3, -0.25) is 14.4 Å². The van der Waals surface area contributed by atoms with Gasteiger partial charge < -0.3 is 39.0 Å². The van der Waals surface area contributed by atoms with Crippen molar-refractivity contribution in [1.82, 2.24) is 0 Å². The van der Waals surface area contributed by atoms with Crippen molar-refractivity contribution >= 4 is 23.9 Å². The molecule has 1 saturated heterocycles. The van der Waals surface area contributed by atoms with Crippen LogP contribution in [0.4, 0.5) is 0 Å². The largest absolute Gasteiger partial charge is 0.479 e. The Bertz CT molecular complexity index is 1640. The molecule has 0 aromatic rings. The maximum Gasteiger partial charge on any atom is 0.335 e. The number of aliphatic hydroxyl groups excluding tert-OH is 2. The van der Waals surface area contributed by atoms with Gasteiger partial charge in [0.2, 0.25) is 0 Å². The fourth-order valence-corrected chi connectivity index (χ4v) is 10.0. The lowest BCUT2D eigenvalue weighted by atomic mass is 9.98. The van der Waals surface area contributed by atoms with Gasteiger partial charge in [0.05, 0.1) is 6.61 Å². The molecule has 0 amide bonds. The van der Waals surface area contributed by atoms with E-state index in [1.807, 2.05) is 0 Å². The molecule has 0 saturated carbocycles. The number of hydrogen-bond donors (Lipinski definition) is 3. The first kappa shape index (κ1) is 75.4. The van der Waals surface area contributed by atoms with Crippen LogP contribution in [0.1, 0.15) is 303 Å². The van der Waals surface area contributed by atoms with E-state index in [9.17, 15) is 34.5 Å². The summed E-state index contributed by atoms with van der Waals surface area (Å²) in [5, 5.41) is 31.6. The molecule has 12 heteroatoms. The summed E-state index contributed by atoms with van der Waals surface area (Å²) >= 11 is 0. The molecule has 1 rings (SSSR count). The minimum atomic E-state index is -1.91. The number of hydrogen-bond acceptors (Lipinski definition) is 11. The van der Waals surface area contributed by atoms with Crippen molar-refractivity contribution in [3.8, 4) is 0 Å². The second kappa shape index (κ2) is 56.9. The number of aliphatic hydroxyl groups is 2. The predicted octanol–water partition coefficient (Wildman–Crippen LogP) is 17.9. The van der Waals surface area contributed by atoms with Gasteiger partial charge in [-0.05, 0) is 83.5 Å². The molecule has 1 aliphatic rings. The molecule has 1 heterocycles. The summed E-state index contributed by atoms with van der Waals surface area (Å²) in [6, 6.07) is 0. The summed E-state index contributed by atoms with van der Waals surface area (Å²) in [5.41, 5.74) is 0. The minimum absolute atomic E-state index is 0.0258. The minimum Gasteiger partial charge on any atom is -0.479 e. The van der Waals surface area contributed by atoms with Crippen molar-refractivity contribution in [2.24, 2.45) is 0 Å². The van der Waals surface area contributed by atoms with Gasteiger partial charge in [-0.15, -0.1) is 0 Å². The zero-order chi connectivity index (χ0) is 58.9. The van der Waals surface area contributed by atoms with Crippen molar-refractivity contribution in [1.29, 1.82) is 0 Å². The van der Waals surface area contributed by atoms with E-state index in [1.165, 1.54) is 154 Å². The molecule has 0 aromatic carbocycles. The molecule has 1 aliphatic heterocycles. The van der Waals surface area contributed by atoms with Gasteiger partial charge in [-0.2, -0.15) is 0 Å². The molecule has 468 valence electrons. The zero-order valence-corrected chi connectivity index (χ0v) is 51.8. The van der Waals surface area contributed by atoms with Gasteiger partial charge >= 0.3 is 23.9 Å². The van der Waals surface area contributed by atoms with E-state index in [0.717, 1.165) is 89.9 Å². The average molecular weight is 1140 g/mol. The van der Waals surface area contributed by atoms with Gasteiger partial charge in [-0.1, -0.05) is 261 Å². The molecule has 6 unspecified atom stereocenters. The van der Waals surface area contributed by atoms with Crippen molar-refractivity contribution in [3.05, 3.63) is 60.8 Å². The van der Waals surface area contributed by atoms with Gasteiger partial charge in [-0.25, -0.2) is 4.79 Å². The molecule has 6 atom stereocenters. The first-order chi connectivity index (χ1) is 39.6. The number of carboxylic acids is 1. The van der Waals surface area contributed by atoms with Crippen LogP contribution < -0.4 is 0 Å². The Kier molecular flexibility index (Phi) is 53.0. The number of aliphatic carboxylic acids is 1. The SMILES string of the molecule is CC/C=C\C/C=C\C/C=C\CCCCCC(=O)OC1C(OCC(COC(=O)CCCCCCCCCCC/C=C\C/C=C\CCCCC)OC(=O)CCCCCCCCCCCCCCCCCCCCC)OC(C(=O)O)C(O)C1O. The molecule has 0 aromatic heterocycles. The van der Waals surface area contributed by atoms with E-state index >= 15 is 0 Å². The normalized spacial score (nSPS) is 18.1. The van der Waals surface area contributed by atoms with E-state index in [-0.39, 0.29) is 25.9 Å². The number of carbonyl (C=O) groups is 4. The van der Waals surface area contributed by atoms with E-state index in [4.69, 9.17) is 23.7 Å². The number of ether oxygens (including phenoxy) is 5. The molecule has 12 nitrogen and oxygen atoms in total. The quantitative estimate of drug-likeness (QED) is 0.0228. The van der Waals surface area contributed by atoms with E-state index in [0.29, 0.717) is 19.3 Å². The van der Waals surface area contributed by atoms with E-state index in [2.05, 4.69) is 81.5 Å². The van der Waals surface area contributed by atoms with Crippen LogP contribution in [-0.2, 0) is 42.9 Å². The summed E-state index contributed by atoms with van der Waals surface area (Å²) in [4.78, 5) is 51.3. The van der Waals surface area contributed by atoms with Gasteiger partial charge in [0.1, 0.15) is 18.8 Å². The Labute approximate surface area is 494 Å². The van der Waals surface area contributed by atoms with E-state index in [1.54, 1.807) is 0 Å². The Morgan fingerprint density at radius 1 is 0.420 bits per heavy atom. The summed E-state index contributed by atoms with van der Waals surface area (Å²) in [6.45, 7) is 5.88. The third-order valence-corrected chi connectivity index (χ3v) is 15.1. The van der Waals surface area contributed by atoms with Crippen LogP contribution in [0.15, 0.2) is 60.8 Å². The topological polar surface area (TPSA) is 175 Å². The van der Waals surface area contributed by atoms with Crippen molar-refractivity contribution in [2.45, 2.75) is 340 Å². The van der Waals surface area contributed by atoms with Crippen LogP contribution in [0.25, 0.3) is 0 Å². The molecular weight excluding hydrogens is 1020 g/mol. The van der Waals surface area contributed by atoms with Gasteiger partial charge in [0.15, 0.2) is 24.6 Å². The Morgan fingerprint density at radius 2 is 0.778 bits per heavy atom. The Balaban J connectivity index is 2.64. The maximum atomic E-state index is 13.2. The Hall–Kier alpha value is -3.58. The molecule has 0 bridgehead atoms. The standard InChI is InChI=1S/C69H120O12/c1-4-7-10-13-16-19-22-25-27-29-31-33-35-38-40-43-46-49-52-55-61(70)77-58-60(79-62(71)56-53-50-47-44-42-39-36-34-32-30-28-26-23-20-17-14-11-8-5-2)59-78-69-67(65(74)64(73)66(81-69)68(75)76)80-63(72)57-54-51-48-45-41-37-24-21-18-15-12-9-6-3/h9,12,16,18-19,21,25,27,37,41,60,64-67,69,73-74H,4-8,10-11,13-15,17,20,22-24,26,28-36,38-40,42-59H2,1-3H3,(H,75,76)/b12-9-,19-16-,21-18-,27-25-,41-37-. The highest BCUT2D eigenvalue weighted by atomic mass is 16.7. The van der Waals surface area contributed by atoms with Crippen LogP contribution in [0.2, 0.25) is 0 Å². The second-order valence-corrected chi connectivity index (χ2v) is 22.7. The average Bonchev–Trinajstić information content (AvgIpc) is 3.54. The van der Waals surface area contributed by atoms with Gasteiger partial charge in [0.25, 0.3) is 0 Å². The second-order valence-electron chi connectivity index (χ2n) is 22.7. The lowest BCUT2D eigenvalue weighted by Crippen LogP contribution is -2.61. The fraction of sp³-hybridized carbons (Fsp3) is 0.797. The van der Waals surface area contributed by atoms with Crippen LogP contribution in [0.5, 0.6) is 0 Å². The first-order valence-corrected chi connectivity index (χ1v) is 33.3.